The SMILES string of the molecule is COc1cc(N(C)S(=O)(=O)c2cccc(-c3ccccc3)c2)cc(OC)c1OC. The van der Waals surface area contributed by atoms with Crippen molar-refractivity contribution < 1.29 is 22.6 Å². The molecular weight excluding hydrogens is 390 g/mol. The minimum absolute atomic E-state index is 0.190. The van der Waals surface area contributed by atoms with Gasteiger partial charge in [-0.05, 0) is 23.3 Å². The first-order valence-corrected chi connectivity index (χ1v) is 10.3. The maximum atomic E-state index is 13.3. The molecule has 3 aromatic rings. The summed E-state index contributed by atoms with van der Waals surface area (Å²) in [6.07, 6.45) is 0. The van der Waals surface area contributed by atoms with Gasteiger partial charge in [0.15, 0.2) is 11.5 Å². The summed E-state index contributed by atoms with van der Waals surface area (Å²) in [5.41, 5.74) is 2.16. The van der Waals surface area contributed by atoms with Crippen LogP contribution in [0.3, 0.4) is 0 Å². The highest BCUT2D eigenvalue weighted by Gasteiger charge is 2.24. The number of hydrogen-bond donors (Lipinski definition) is 0. The zero-order chi connectivity index (χ0) is 21.0. The molecule has 0 aliphatic heterocycles. The van der Waals surface area contributed by atoms with E-state index in [4.69, 9.17) is 14.2 Å². The van der Waals surface area contributed by atoms with Gasteiger partial charge < -0.3 is 14.2 Å². The molecule has 0 aliphatic carbocycles. The van der Waals surface area contributed by atoms with Gasteiger partial charge in [-0.15, -0.1) is 0 Å². The Morgan fingerprint density at radius 2 is 1.31 bits per heavy atom. The van der Waals surface area contributed by atoms with Crippen LogP contribution in [-0.2, 0) is 10.0 Å². The van der Waals surface area contributed by atoms with E-state index in [0.29, 0.717) is 22.9 Å². The van der Waals surface area contributed by atoms with E-state index in [2.05, 4.69) is 0 Å². The molecule has 0 saturated heterocycles. The minimum Gasteiger partial charge on any atom is -0.493 e. The van der Waals surface area contributed by atoms with Gasteiger partial charge in [-0.25, -0.2) is 8.42 Å². The van der Waals surface area contributed by atoms with Gasteiger partial charge in [0.05, 0.1) is 31.9 Å². The van der Waals surface area contributed by atoms with Crippen LogP contribution in [0.2, 0.25) is 0 Å². The van der Waals surface area contributed by atoms with E-state index in [1.54, 1.807) is 30.3 Å². The zero-order valence-corrected chi connectivity index (χ0v) is 17.6. The molecule has 0 spiro atoms. The number of benzene rings is 3. The second-order valence-electron chi connectivity index (χ2n) is 6.25. The smallest absolute Gasteiger partial charge is 0.264 e. The van der Waals surface area contributed by atoms with Crippen LogP contribution < -0.4 is 18.5 Å². The van der Waals surface area contributed by atoms with Crippen molar-refractivity contribution in [3.8, 4) is 28.4 Å². The van der Waals surface area contributed by atoms with E-state index in [9.17, 15) is 8.42 Å². The van der Waals surface area contributed by atoms with Crippen LogP contribution in [0.25, 0.3) is 11.1 Å². The summed E-state index contributed by atoms with van der Waals surface area (Å²) in [6, 6.07) is 19.7. The third kappa shape index (κ3) is 4.00. The number of ether oxygens (including phenoxy) is 3. The van der Waals surface area contributed by atoms with Crippen molar-refractivity contribution in [1.82, 2.24) is 0 Å². The molecule has 0 amide bonds. The normalized spacial score (nSPS) is 11.0. The molecular formula is C22H23NO5S. The van der Waals surface area contributed by atoms with E-state index >= 15 is 0 Å². The van der Waals surface area contributed by atoms with Crippen LogP contribution in [0, 0.1) is 0 Å². The molecule has 0 radical (unpaired) electrons. The molecule has 0 fully saturated rings. The number of methoxy groups -OCH3 is 3. The van der Waals surface area contributed by atoms with Crippen LogP contribution in [0.15, 0.2) is 71.6 Å². The lowest BCUT2D eigenvalue weighted by molar-refractivity contribution is 0.324. The first kappa shape index (κ1) is 20.5. The lowest BCUT2D eigenvalue weighted by Crippen LogP contribution is -2.26. The fraction of sp³-hybridized carbons (Fsp3) is 0.182. The molecule has 0 heterocycles. The fourth-order valence-electron chi connectivity index (χ4n) is 3.01. The van der Waals surface area contributed by atoms with Crippen molar-refractivity contribution >= 4 is 15.7 Å². The van der Waals surface area contributed by atoms with Crippen molar-refractivity contribution in [3.05, 3.63) is 66.7 Å². The van der Waals surface area contributed by atoms with E-state index < -0.39 is 10.0 Å². The average molecular weight is 413 g/mol. The second-order valence-corrected chi connectivity index (χ2v) is 8.22. The lowest BCUT2D eigenvalue weighted by Gasteiger charge is -2.22. The molecule has 3 rings (SSSR count). The summed E-state index contributed by atoms with van der Waals surface area (Å²) in [6.45, 7) is 0. The molecule has 0 aliphatic rings. The van der Waals surface area contributed by atoms with Crippen LogP contribution >= 0.6 is 0 Å². The maximum absolute atomic E-state index is 13.3. The van der Waals surface area contributed by atoms with E-state index in [1.807, 2.05) is 36.4 Å². The lowest BCUT2D eigenvalue weighted by atomic mass is 10.1. The van der Waals surface area contributed by atoms with Gasteiger partial charge in [0, 0.05) is 19.2 Å². The number of hydrogen-bond acceptors (Lipinski definition) is 5. The van der Waals surface area contributed by atoms with Gasteiger partial charge in [-0.1, -0.05) is 42.5 Å². The van der Waals surface area contributed by atoms with Crippen molar-refractivity contribution in [2.24, 2.45) is 0 Å². The average Bonchev–Trinajstić information content (AvgIpc) is 2.78. The summed E-state index contributed by atoms with van der Waals surface area (Å²) >= 11 is 0. The minimum atomic E-state index is -3.81. The highest BCUT2D eigenvalue weighted by Crippen LogP contribution is 2.41. The largest absolute Gasteiger partial charge is 0.493 e. The fourth-order valence-corrected chi connectivity index (χ4v) is 4.24. The molecule has 6 nitrogen and oxygen atoms in total. The Balaban J connectivity index is 2.04. The Bertz CT molecular complexity index is 1070. The molecule has 0 N–H and O–H groups in total. The molecule has 0 saturated carbocycles. The Labute approximate surface area is 171 Å². The van der Waals surface area contributed by atoms with Gasteiger partial charge in [0.2, 0.25) is 5.75 Å². The Kier molecular flexibility index (Phi) is 5.98. The topological polar surface area (TPSA) is 65.1 Å². The molecule has 3 aromatic carbocycles. The van der Waals surface area contributed by atoms with Crippen molar-refractivity contribution in [1.29, 1.82) is 0 Å². The third-order valence-corrected chi connectivity index (χ3v) is 6.39. The Hall–Kier alpha value is -3.19. The van der Waals surface area contributed by atoms with Gasteiger partial charge in [0.1, 0.15) is 0 Å². The van der Waals surface area contributed by atoms with Crippen molar-refractivity contribution in [2.45, 2.75) is 4.90 Å². The second kappa shape index (κ2) is 8.45. The predicted octanol–water partition coefficient (Wildman–Crippen LogP) is 4.20. The van der Waals surface area contributed by atoms with Crippen LogP contribution in [0.4, 0.5) is 5.69 Å². The molecule has 0 unspecified atom stereocenters. The standard InChI is InChI=1S/C22H23NO5S/c1-23(18-14-20(26-2)22(28-4)21(15-18)27-3)29(24,25)19-12-8-11-17(13-19)16-9-6-5-7-10-16/h5-15H,1-4H3. The molecule has 7 heteroatoms. The molecule has 0 aromatic heterocycles. The molecule has 152 valence electrons. The van der Waals surface area contributed by atoms with Gasteiger partial charge >= 0.3 is 0 Å². The highest BCUT2D eigenvalue weighted by molar-refractivity contribution is 7.92. The predicted molar refractivity (Wildman–Crippen MR) is 114 cm³/mol. The number of anilines is 1. The molecule has 0 atom stereocenters. The first-order chi connectivity index (χ1) is 13.9. The number of nitrogens with zero attached hydrogens (tertiary/aromatic N) is 1. The summed E-state index contributed by atoms with van der Waals surface area (Å²) in [5, 5.41) is 0. The van der Waals surface area contributed by atoms with Gasteiger partial charge in [-0.2, -0.15) is 0 Å². The summed E-state index contributed by atoms with van der Waals surface area (Å²) in [5.74, 6) is 1.15. The summed E-state index contributed by atoms with van der Waals surface area (Å²) in [7, 11) is 2.15. The summed E-state index contributed by atoms with van der Waals surface area (Å²) < 4.78 is 43.7. The third-order valence-electron chi connectivity index (χ3n) is 4.61. The Morgan fingerprint density at radius 3 is 1.86 bits per heavy atom. The number of sulfonamides is 1. The monoisotopic (exact) mass is 413 g/mol. The van der Waals surface area contributed by atoms with Crippen LogP contribution in [-0.4, -0.2) is 36.8 Å². The molecule has 0 bridgehead atoms. The maximum Gasteiger partial charge on any atom is 0.264 e. The zero-order valence-electron chi connectivity index (χ0n) is 16.7. The van der Waals surface area contributed by atoms with Crippen molar-refractivity contribution in [2.75, 3.05) is 32.7 Å². The first-order valence-electron chi connectivity index (χ1n) is 8.86. The van der Waals surface area contributed by atoms with Crippen LogP contribution in [0.1, 0.15) is 0 Å². The van der Waals surface area contributed by atoms with E-state index in [-0.39, 0.29) is 4.90 Å². The highest BCUT2D eigenvalue weighted by atomic mass is 32.2. The Morgan fingerprint density at radius 1 is 0.724 bits per heavy atom. The van der Waals surface area contributed by atoms with E-state index in [1.165, 1.54) is 32.7 Å². The van der Waals surface area contributed by atoms with Gasteiger partial charge in [-0.3, -0.25) is 4.31 Å². The quantitative estimate of drug-likeness (QED) is 0.581. The summed E-state index contributed by atoms with van der Waals surface area (Å²) in [4.78, 5) is 0.190. The number of rotatable bonds is 7. The van der Waals surface area contributed by atoms with Crippen LogP contribution in [0.5, 0.6) is 17.2 Å². The van der Waals surface area contributed by atoms with E-state index in [0.717, 1.165) is 11.1 Å². The van der Waals surface area contributed by atoms with Crippen molar-refractivity contribution in [3.63, 3.8) is 0 Å². The van der Waals surface area contributed by atoms with Gasteiger partial charge in [0.25, 0.3) is 10.0 Å². The molecule has 29 heavy (non-hydrogen) atoms.